The molecule has 4 fully saturated rings. The molecule has 5 atom stereocenters. The fourth-order valence-corrected chi connectivity index (χ4v) is 6.57. The molecule has 0 bridgehead atoms. The van der Waals surface area contributed by atoms with Crippen LogP contribution < -0.4 is 4.90 Å². The first-order valence-electron chi connectivity index (χ1n) is 11.4. The molecule has 0 aromatic heterocycles. The number of allylic oxidation sites excluding steroid dienone is 1. The maximum Gasteiger partial charge on any atom is 0.310 e. The van der Waals surface area contributed by atoms with E-state index in [2.05, 4.69) is 53.6 Å². The van der Waals surface area contributed by atoms with Crippen molar-refractivity contribution < 1.29 is 9.53 Å². The maximum atomic E-state index is 12.8. The Morgan fingerprint density at radius 2 is 1.93 bits per heavy atom. The smallest absolute Gasteiger partial charge is 0.310 e. The van der Waals surface area contributed by atoms with Crippen LogP contribution in [-0.4, -0.2) is 49.7 Å². The zero-order valence-electron chi connectivity index (χ0n) is 17.7. The van der Waals surface area contributed by atoms with Gasteiger partial charge in [0.1, 0.15) is 6.10 Å². The van der Waals surface area contributed by atoms with E-state index in [1.165, 1.54) is 30.5 Å². The number of anilines is 1. The van der Waals surface area contributed by atoms with Crippen LogP contribution in [0.1, 0.15) is 39.0 Å². The lowest BCUT2D eigenvalue weighted by Crippen LogP contribution is -2.50. The normalized spacial score (nSPS) is 37.8. The molecule has 2 aliphatic carbocycles. The molecule has 4 nitrogen and oxygen atoms in total. The highest BCUT2D eigenvalue weighted by Crippen LogP contribution is 2.56. The molecular weight excluding hydrogens is 360 g/mol. The summed E-state index contributed by atoms with van der Waals surface area (Å²) in [5.74, 6) is 1.05. The van der Waals surface area contributed by atoms with Gasteiger partial charge < -0.3 is 9.64 Å². The minimum absolute atomic E-state index is 0.0440. The Morgan fingerprint density at radius 3 is 2.69 bits per heavy atom. The summed E-state index contributed by atoms with van der Waals surface area (Å²) < 4.78 is 5.95. The van der Waals surface area contributed by atoms with Gasteiger partial charge in [0, 0.05) is 44.3 Å². The van der Waals surface area contributed by atoms with E-state index >= 15 is 0 Å². The molecule has 2 saturated carbocycles. The lowest BCUT2D eigenvalue weighted by atomic mass is 9.55. The summed E-state index contributed by atoms with van der Waals surface area (Å²) in [5.41, 5.74) is 3.01. The summed E-state index contributed by atoms with van der Waals surface area (Å²) in [6, 6.07) is 10.6. The van der Waals surface area contributed by atoms with Crippen LogP contribution in [0, 0.1) is 23.2 Å². The van der Waals surface area contributed by atoms with Gasteiger partial charge in [0.2, 0.25) is 0 Å². The van der Waals surface area contributed by atoms with Crippen LogP contribution in [0.3, 0.4) is 0 Å². The van der Waals surface area contributed by atoms with Crippen LogP contribution in [0.4, 0.5) is 5.69 Å². The number of rotatable bonds is 3. The van der Waals surface area contributed by atoms with Gasteiger partial charge in [-0.3, -0.25) is 9.69 Å². The Hall–Kier alpha value is -1.81. The summed E-state index contributed by atoms with van der Waals surface area (Å²) in [6.45, 7) is 11.8. The van der Waals surface area contributed by atoms with E-state index in [0.717, 1.165) is 45.6 Å². The molecule has 2 saturated heterocycles. The van der Waals surface area contributed by atoms with Crippen LogP contribution in [0.15, 0.2) is 42.5 Å². The minimum Gasteiger partial charge on any atom is -0.462 e. The Bertz CT molecular complexity index is 770. The summed E-state index contributed by atoms with van der Waals surface area (Å²) in [4.78, 5) is 17.7. The Labute approximate surface area is 174 Å². The molecule has 0 N–H and O–H groups in total. The van der Waals surface area contributed by atoms with Gasteiger partial charge in [0.25, 0.3) is 0 Å². The molecule has 0 radical (unpaired) electrons. The van der Waals surface area contributed by atoms with E-state index < -0.39 is 0 Å². The van der Waals surface area contributed by atoms with Gasteiger partial charge in [-0.2, -0.15) is 0 Å². The zero-order valence-corrected chi connectivity index (χ0v) is 17.7. The van der Waals surface area contributed by atoms with Crippen molar-refractivity contribution in [2.24, 2.45) is 23.2 Å². The van der Waals surface area contributed by atoms with Gasteiger partial charge in [-0.15, -0.1) is 0 Å². The molecular formula is C25H34N2O2. The molecule has 2 heterocycles. The minimum atomic E-state index is 0.0440. The van der Waals surface area contributed by atoms with E-state index in [1.54, 1.807) is 0 Å². The second kappa shape index (κ2) is 7.46. The first kappa shape index (κ1) is 19.2. The fourth-order valence-electron chi connectivity index (χ4n) is 6.57. The van der Waals surface area contributed by atoms with Crippen molar-refractivity contribution in [3.05, 3.63) is 42.5 Å². The van der Waals surface area contributed by atoms with Crippen molar-refractivity contribution >= 4 is 11.7 Å². The molecule has 4 heteroatoms. The second-order valence-corrected chi connectivity index (χ2v) is 10.0. The van der Waals surface area contributed by atoms with Crippen LogP contribution in [0.2, 0.25) is 0 Å². The number of fused-ring (bicyclic) bond motifs is 2. The topological polar surface area (TPSA) is 32.8 Å². The van der Waals surface area contributed by atoms with E-state index in [1.807, 2.05) is 0 Å². The Balaban J connectivity index is 1.23. The van der Waals surface area contributed by atoms with Gasteiger partial charge >= 0.3 is 5.97 Å². The number of esters is 1. The van der Waals surface area contributed by atoms with Crippen molar-refractivity contribution in [3.63, 3.8) is 0 Å². The second-order valence-electron chi connectivity index (χ2n) is 10.0. The summed E-state index contributed by atoms with van der Waals surface area (Å²) >= 11 is 0. The predicted octanol–water partition coefficient (Wildman–Crippen LogP) is 4.12. The maximum absolute atomic E-state index is 12.8. The molecule has 5 rings (SSSR count). The SMILES string of the molecule is C=C1CCC[C@]2(C)C[C@H]3OC(=O)[C@@H](CN4CCN(c5ccccc5)CC4)[C@@H]3C[C@@H]12. The van der Waals surface area contributed by atoms with Gasteiger partial charge in [0.05, 0.1) is 5.92 Å². The first-order chi connectivity index (χ1) is 14.0. The third-order valence-corrected chi connectivity index (χ3v) is 8.27. The average molecular weight is 395 g/mol. The molecule has 4 aliphatic rings. The molecule has 156 valence electrons. The lowest BCUT2D eigenvalue weighted by Gasteiger charge is -2.50. The first-order valence-corrected chi connectivity index (χ1v) is 11.4. The molecule has 0 spiro atoms. The lowest BCUT2D eigenvalue weighted by molar-refractivity contribution is -0.146. The van der Waals surface area contributed by atoms with Crippen molar-refractivity contribution in [1.29, 1.82) is 0 Å². The molecule has 1 aromatic carbocycles. The van der Waals surface area contributed by atoms with Gasteiger partial charge in [-0.05, 0) is 55.6 Å². The van der Waals surface area contributed by atoms with E-state index in [9.17, 15) is 4.79 Å². The molecule has 1 aromatic rings. The molecule has 29 heavy (non-hydrogen) atoms. The summed E-state index contributed by atoms with van der Waals surface area (Å²) in [7, 11) is 0. The number of carbonyl (C=O) groups is 1. The Kier molecular flexibility index (Phi) is 4.93. The number of benzene rings is 1. The number of hydrogen-bond donors (Lipinski definition) is 0. The zero-order chi connectivity index (χ0) is 20.0. The summed E-state index contributed by atoms with van der Waals surface area (Å²) in [5, 5.41) is 0. The highest BCUT2D eigenvalue weighted by atomic mass is 16.6. The van der Waals surface area contributed by atoms with Crippen molar-refractivity contribution in [2.45, 2.75) is 45.1 Å². The predicted molar refractivity (Wildman–Crippen MR) is 116 cm³/mol. The number of piperazine rings is 1. The number of ether oxygens (including phenoxy) is 1. The number of nitrogens with zero attached hydrogens (tertiary/aromatic N) is 2. The van der Waals surface area contributed by atoms with E-state index in [4.69, 9.17) is 4.74 Å². The Morgan fingerprint density at radius 1 is 1.17 bits per heavy atom. The average Bonchev–Trinajstić information content (AvgIpc) is 3.01. The standard InChI is InChI=1S/C25H34N2O2/c1-18-7-6-10-25(2)16-23-20(15-22(18)25)21(24(28)29-23)17-26-11-13-27(14-12-26)19-8-4-3-5-9-19/h3-5,8-9,20-23H,1,6-7,10-17H2,2H3/t20-,21-,22-,23+,25+/m0/s1. The number of para-hydroxylation sites is 1. The van der Waals surface area contributed by atoms with Crippen molar-refractivity contribution in [1.82, 2.24) is 4.90 Å². The highest BCUT2D eigenvalue weighted by Gasteiger charge is 2.55. The monoisotopic (exact) mass is 394 g/mol. The fraction of sp³-hybridized carbons (Fsp3) is 0.640. The van der Waals surface area contributed by atoms with Gasteiger partial charge in [-0.25, -0.2) is 0 Å². The van der Waals surface area contributed by atoms with Crippen molar-refractivity contribution in [2.75, 3.05) is 37.6 Å². The quantitative estimate of drug-likeness (QED) is 0.570. The van der Waals surface area contributed by atoms with E-state index in [-0.39, 0.29) is 23.4 Å². The van der Waals surface area contributed by atoms with Gasteiger partial charge in [0.15, 0.2) is 0 Å². The van der Waals surface area contributed by atoms with Crippen LogP contribution in [0.25, 0.3) is 0 Å². The molecule has 0 unspecified atom stereocenters. The third kappa shape index (κ3) is 3.50. The van der Waals surface area contributed by atoms with E-state index in [0.29, 0.717) is 11.8 Å². The summed E-state index contributed by atoms with van der Waals surface area (Å²) in [6.07, 6.45) is 5.92. The van der Waals surface area contributed by atoms with Crippen LogP contribution in [0.5, 0.6) is 0 Å². The van der Waals surface area contributed by atoms with Crippen LogP contribution >= 0.6 is 0 Å². The third-order valence-electron chi connectivity index (χ3n) is 8.27. The largest absolute Gasteiger partial charge is 0.462 e. The highest BCUT2D eigenvalue weighted by molar-refractivity contribution is 5.75. The van der Waals surface area contributed by atoms with Crippen molar-refractivity contribution in [3.8, 4) is 0 Å². The van der Waals surface area contributed by atoms with Crippen LogP contribution in [-0.2, 0) is 9.53 Å². The van der Waals surface area contributed by atoms with Gasteiger partial charge in [-0.1, -0.05) is 37.3 Å². The number of hydrogen-bond acceptors (Lipinski definition) is 4. The number of carbonyl (C=O) groups excluding carboxylic acids is 1. The molecule has 2 aliphatic heterocycles. The molecule has 0 amide bonds.